The summed E-state index contributed by atoms with van der Waals surface area (Å²) in [6, 6.07) is 14.8. The fourth-order valence-corrected chi connectivity index (χ4v) is 6.74. The maximum atomic E-state index is 13.7. The summed E-state index contributed by atoms with van der Waals surface area (Å²) in [5.41, 5.74) is 6.12. The Morgan fingerprint density at radius 1 is 0.886 bits per heavy atom. The normalized spacial score (nSPS) is 17.6. The van der Waals surface area contributed by atoms with Gasteiger partial charge in [0.25, 0.3) is 5.91 Å². The molecule has 1 amide bonds. The molecular formula is C35H41N7O2. The van der Waals surface area contributed by atoms with Crippen molar-refractivity contribution in [1.82, 2.24) is 29.2 Å². The number of rotatable bonds is 7. The van der Waals surface area contributed by atoms with Gasteiger partial charge in [-0.2, -0.15) is 4.98 Å². The summed E-state index contributed by atoms with van der Waals surface area (Å²) in [4.78, 5) is 43.4. The van der Waals surface area contributed by atoms with E-state index in [-0.39, 0.29) is 16.9 Å². The molecule has 2 fully saturated rings. The Labute approximate surface area is 258 Å². The number of carbonyl (C=O) groups is 1. The highest BCUT2D eigenvalue weighted by Gasteiger charge is 2.24. The lowest BCUT2D eigenvalue weighted by molar-refractivity contribution is 0.0722. The van der Waals surface area contributed by atoms with Crippen LogP contribution in [0.2, 0.25) is 0 Å². The third-order valence-corrected chi connectivity index (χ3v) is 9.50. The summed E-state index contributed by atoms with van der Waals surface area (Å²) in [5, 5.41) is 3.68. The first kappa shape index (κ1) is 28.7. The van der Waals surface area contributed by atoms with E-state index in [9.17, 15) is 9.59 Å². The minimum atomic E-state index is -0.316. The van der Waals surface area contributed by atoms with Crippen LogP contribution in [0.25, 0.3) is 16.7 Å². The fourth-order valence-electron chi connectivity index (χ4n) is 6.74. The van der Waals surface area contributed by atoms with Crippen LogP contribution in [0.5, 0.6) is 0 Å². The summed E-state index contributed by atoms with van der Waals surface area (Å²) in [6.07, 6.45) is 10.6. The molecule has 44 heavy (non-hydrogen) atoms. The second-order valence-electron chi connectivity index (χ2n) is 12.5. The molecule has 1 N–H and O–H groups in total. The summed E-state index contributed by atoms with van der Waals surface area (Å²) in [5.74, 6) is 0.202. The smallest absolute Gasteiger partial charge is 0.259 e. The topological polar surface area (TPSA) is 86.6 Å². The van der Waals surface area contributed by atoms with Crippen LogP contribution in [-0.4, -0.2) is 88.0 Å². The molecule has 0 saturated carbocycles. The van der Waals surface area contributed by atoms with Gasteiger partial charge >= 0.3 is 0 Å². The molecule has 9 heteroatoms. The molecule has 0 spiro atoms. The average Bonchev–Trinajstić information content (AvgIpc) is 3.54. The maximum absolute atomic E-state index is 13.7. The van der Waals surface area contributed by atoms with Gasteiger partial charge in [0.05, 0.1) is 5.39 Å². The zero-order valence-corrected chi connectivity index (χ0v) is 25.6. The Morgan fingerprint density at radius 3 is 2.45 bits per heavy atom. The van der Waals surface area contributed by atoms with Crippen molar-refractivity contribution >= 4 is 28.6 Å². The molecule has 2 aromatic carbocycles. The number of pyridine rings is 1. The third-order valence-electron chi connectivity index (χ3n) is 9.50. The highest BCUT2D eigenvalue weighted by molar-refractivity contribution is 5.97. The molecule has 0 unspecified atom stereocenters. The molecule has 0 atom stereocenters. The zero-order valence-electron chi connectivity index (χ0n) is 25.6. The van der Waals surface area contributed by atoms with Crippen molar-refractivity contribution in [2.24, 2.45) is 0 Å². The van der Waals surface area contributed by atoms with Crippen LogP contribution >= 0.6 is 0 Å². The van der Waals surface area contributed by atoms with Crippen LogP contribution in [0.15, 0.2) is 59.7 Å². The van der Waals surface area contributed by atoms with Crippen LogP contribution in [0.4, 0.5) is 11.6 Å². The van der Waals surface area contributed by atoms with Gasteiger partial charge < -0.3 is 24.6 Å². The summed E-state index contributed by atoms with van der Waals surface area (Å²) >= 11 is 0. The largest absolute Gasteiger partial charge is 0.338 e. The molecule has 1 aliphatic carbocycles. The number of hydrogen-bond donors (Lipinski definition) is 1. The molecule has 2 aromatic heterocycles. The second kappa shape index (κ2) is 12.5. The first-order valence-electron chi connectivity index (χ1n) is 16.1. The van der Waals surface area contributed by atoms with E-state index in [4.69, 9.17) is 4.98 Å². The number of hydrogen-bond acceptors (Lipinski definition) is 7. The number of benzene rings is 2. The number of likely N-dealkylation sites (tertiary alicyclic amines) is 1. The van der Waals surface area contributed by atoms with Crippen LogP contribution in [0.1, 0.15) is 52.7 Å². The van der Waals surface area contributed by atoms with E-state index < -0.39 is 0 Å². The van der Waals surface area contributed by atoms with Gasteiger partial charge in [-0.15, -0.1) is 0 Å². The predicted octanol–water partition coefficient (Wildman–Crippen LogP) is 4.43. The number of likely N-dealkylation sites (N-methyl/N-ethyl adjacent to an activating group) is 1. The summed E-state index contributed by atoms with van der Waals surface area (Å²) in [6.45, 7) is 6.94. The van der Waals surface area contributed by atoms with Crippen molar-refractivity contribution in [3.8, 4) is 5.69 Å². The Hall–Kier alpha value is -4.08. The van der Waals surface area contributed by atoms with Crippen molar-refractivity contribution in [3.05, 3.63) is 87.3 Å². The average molecular weight is 592 g/mol. The summed E-state index contributed by atoms with van der Waals surface area (Å²) < 4.78 is 1.90. The standard InChI is InChI=1S/C35H41N7O2/c1-39-18-20-40(21-19-39)17-14-25-8-11-28(12-9-25)37-35-36-23-30-32(43)31(34(44)41-15-3-2-4-16-41)24-42(33(30)38-35)29-13-10-26-6-5-7-27(26)22-29/h8-13,22-24H,2-7,14-21H2,1H3,(H,36,37,38). The summed E-state index contributed by atoms with van der Waals surface area (Å²) in [7, 11) is 2.18. The molecule has 4 aromatic rings. The SMILES string of the molecule is CN1CCN(CCc2ccc(Nc3ncc4c(=O)c(C(=O)N5CCCCC5)cn(-c5ccc6c(c5)CCC6)c4n3)cc2)CC1. The quantitative estimate of drug-likeness (QED) is 0.340. The van der Waals surface area contributed by atoms with Gasteiger partial charge in [-0.05, 0) is 92.9 Å². The molecule has 3 aliphatic rings. The van der Waals surface area contributed by atoms with Gasteiger partial charge in [0.15, 0.2) is 5.65 Å². The van der Waals surface area contributed by atoms with Crippen LogP contribution in [0, 0.1) is 0 Å². The van der Waals surface area contributed by atoms with E-state index >= 15 is 0 Å². The number of piperidine rings is 1. The Morgan fingerprint density at radius 2 is 1.66 bits per heavy atom. The van der Waals surface area contributed by atoms with Crippen molar-refractivity contribution in [1.29, 1.82) is 0 Å². The molecule has 2 aliphatic heterocycles. The number of aryl methyl sites for hydroxylation is 2. The van der Waals surface area contributed by atoms with E-state index in [0.717, 1.165) is 89.0 Å². The van der Waals surface area contributed by atoms with Crippen molar-refractivity contribution in [3.63, 3.8) is 0 Å². The van der Waals surface area contributed by atoms with E-state index in [1.807, 2.05) is 9.47 Å². The van der Waals surface area contributed by atoms with E-state index in [1.54, 1.807) is 12.4 Å². The number of carbonyl (C=O) groups excluding carboxylic acids is 1. The molecule has 7 rings (SSSR count). The lowest BCUT2D eigenvalue weighted by Gasteiger charge is -2.32. The highest BCUT2D eigenvalue weighted by atomic mass is 16.2. The van der Waals surface area contributed by atoms with Crippen LogP contribution < -0.4 is 10.7 Å². The number of anilines is 2. The fraction of sp³-hybridized carbons (Fsp3) is 0.429. The minimum absolute atomic E-state index is 0.177. The molecule has 228 valence electrons. The van der Waals surface area contributed by atoms with Gasteiger partial charge in [-0.3, -0.25) is 9.59 Å². The monoisotopic (exact) mass is 591 g/mol. The number of nitrogens with one attached hydrogen (secondary N) is 1. The molecule has 2 saturated heterocycles. The Bertz CT molecular complexity index is 1720. The van der Waals surface area contributed by atoms with Crippen molar-refractivity contribution in [2.45, 2.75) is 44.9 Å². The minimum Gasteiger partial charge on any atom is -0.338 e. The number of fused-ring (bicyclic) bond motifs is 2. The van der Waals surface area contributed by atoms with Gasteiger partial charge in [-0.25, -0.2) is 4.98 Å². The lowest BCUT2D eigenvalue weighted by Crippen LogP contribution is -2.45. The van der Waals surface area contributed by atoms with Gasteiger partial charge in [0, 0.05) is 69.6 Å². The van der Waals surface area contributed by atoms with E-state index in [2.05, 4.69) is 69.6 Å². The molecule has 9 nitrogen and oxygen atoms in total. The lowest BCUT2D eigenvalue weighted by atomic mass is 10.1. The Balaban J connectivity index is 1.18. The van der Waals surface area contributed by atoms with Crippen LogP contribution in [-0.2, 0) is 19.3 Å². The molecule has 0 radical (unpaired) electrons. The maximum Gasteiger partial charge on any atom is 0.259 e. The van der Waals surface area contributed by atoms with Gasteiger partial charge in [0.2, 0.25) is 11.4 Å². The van der Waals surface area contributed by atoms with Gasteiger partial charge in [0.1, 0.15) is 5.56 Å². The highest BCUT2D eigenvalue weighted by Crippen LogP contribution is 2.27. The first-order chi connectivity index (χ1) is 21.5. The van der Waals surface area contributed by atoms with E-state index in [1.165, 1.54) is 16.7 Å². The van der Waals surface area contributed by atoms with Crippen molar-refractivity contribution in [2.75, 3.05) is 58.2 Å². The first-order valence-corrected chi connectivity index (χ1v) is 16.1. The van der Waals surface area contributed by atoms with E-state index in [0.29, 0.717) is 30.1 Å². The second-order valence-corrected chi connectivity index (χ2v) is 12.5. The number of amides is 1. The third kappa shape index (κ3) is 5.99. The zero-order chi connectivity index (χ0) is 30.0. The predicted molar refractivity (Wildman–Crippen MR) is 174 cm³/mol. The molecule has 0 bridgehead atoms. The molecular weight excluding hydrogens is 550 g/mol. The molecule has 4 heterocycles. The van der Waals surface area contributed by atoms with Crippen LogP contribution in [0.3, 0.4) is 0 Å². The number of piperazine rings is 1. The number of nitrogens with zero attached hydrogens (tertiary/aromatic N) is 6. The van der Waals surface area contributed by atoms with Crippen molar-refractivity contribution < 1.29 is 4.79 Å². The Kier molecular flexibility index (Phi) is 8.14. The van der Waals surface area contributed by atoms with Gasteiger partial charge in [-0.1, -0.05) is 18.2 Å². The number of aromatic nitrogens is 3.